The van der Waals surface area contributed by atoms with Crippen LogP contribution in [0.2, 0.25) is 15.1 Å². The molecule has 0 atom stereocenters. The smallest absolute Gasteiger partial charge is 0.266 e. The average molecular weight is 485 g/mol. The van der Waals surface area contributed by atoms with Gasteiger partial charge in [0.1, 0.15) is 5.02 Å². The fraction of sp³-hybridized carbons (Fsp3) is 0.200. The minimum absolute atomic E-state index is 0.0503. The van der Waals surface area contributed by atoms with Gasteiger partial charge >= 0.3 is 0 Å². The van der Waals surface area contributed by atoms with E-state index in [1.165, 1.54) is 30.5 Å². The maximum absolute atomic E-state index is 13.0. The fourth-order valence-corrected chi connectivity index (χ4v) is 5.26. The molecule has 1 aliphatic carbocycles. The number of halogens is 3. The Bertz CT molecular complexity index is 1250. The Morgan fingerprint density at radius 2 is 1.60 bits per heavy atom. The maximum Gasteiger partial charge on any atom is 0.291 e. The van der Waals surface area contributed by atoms with Gasteiger partial charge in [-0.1, -0.05) is 46.9 Å². The second kappa shape index (κ2) is 7.98. The number of hydrogen-bond acceptors (Lipinski definition) is 4. The predicted octanol–water partition coefficient (Wildman–Crippen LogP) is 4.55. The largest absolute Gasteiger partial charge is 0.291 e. The average Bonchev–Trinajstić information content (AvgIpc) is 2.70. The van der Waals surface area contributed by atoms with Gasteiger partial charge in [-0.05, 0) is 61.2 Å². The zero-order valence-corrected chi connectivity index (χ0v) is 18.6. The van der Waals surface area contributed by atoms with E-state index >= 15 is 0 Å². The number of aromatic nitrogens is 2. The molecule has 1 fully saturated rings. The third-order valence-corrected chi connectivity index (χ3v) is 7.75. The maximum atomic E-state index is 13.0. The summed E-state index contributed by atoms with van der Waals surface area (Å²) >= 11 is 17.6. The topological polar surface area (TPSA) is 81.1 Å². The van der Waals surface area contributed by atoms with Crippen molar-refractivity contribution >= 4 is 44.8 Å². The van der Waals surface area contributed by atoms with Gasteiger partial charge in [0.2, 0.25) is 10.0 Å². The van der Waals surface area contributed by atoms with Crippen molar-refractivity contribution in [2.75, 3.05) is 0 Å². The van der Waals surface area contributed by atoms with Gasteiger partial charge in [-0.25, -0.2) is 13.1 Å². The molecule has 1 N–H and O–H groups in total. The number of rotatable bonds is 5. The summed E-state index contributed by atoms with van der Waals surface area (Å²) in [5.41, 5.74) is 0.0112. The Balaban J connectivity index is 1.63. The van der Waals surface area contributed by atoms with Crippen LogP contribution in [0.1, 0.15) is 24.8 Å². The summed E-state index contributed by atoms with van der Waals surface area (Å²) in [4.78, 5) is 12.3. The van der Waals surface area contributed by atoms with Crippen LogP contribution in [0.15, 0.2) is 64.4 Å². The highest BCUT2D eigenvalue weighted by Gasteiger charge is 2.42. The lowest BCUT2D eigenvalue weighted by atomic mass is 9.73. The molecule has 10 heteroatoms. The summed E-state index contributed by atoms with van der Waals surface area (Å²) in [7, 11) is -3.80. The van der Waals surface area contributed by atoms with Gasteiger partial charge in [0.15, 0.2) is 0 Å². The van der Waals surface area contributed by atoms with Crippen molar-refractivity contribution < 1.29 is 8.42 Å². The Morgan fingerprint density at radius 1 is 0.967 bits per heavy atom. The van der Waals surface area contributed by atoms with Crippen molar-refractivity contribution in [1.29, 1.82) is 0 Å². The van der Waals surface area contributed by atoms with Crippen molar-refractivity contribution in [2.45, 2.75) is 29.7 Å². The van der Waals surface area contributed by atoms with Gasteiger partial charge in [-0.3, -0.25) is 4.79 Å². The molecule has 4 rings (SSSR count). The zero-order valence-electron chi connectivity index (χ0n) is 15.5. The first kappa shape index (κ1) is 21.3. The summed E-state index contributed by atoms with van der Waals surface area (Å²) < 4.78 is 30.0. The molecule has 30 heavy (non-hydrogen) atoms. The van der Waals surface area contributed by atoms with E-state index in [2.05, 4.69) is 9.82 Å². The highest BCUT2D eigenvalue weighted by molar-refractivity contribution is 7.89. The molecular weight excluding hydrogens is 469 g/mol. The molecule has 1 heterocycles. The number of nitrogens with zero attached hydrogens (tertiary/aromatic N) is 2. The number of benzene rings is 2. The molecule has 0 aliphatic heterocycles. The van der Waals surface area contributed by atoms with E-state index in [9.17, 15) is 13.2 Å². The summed E-state index contributed by atoms with van der Waals surface area (Å²) in [6.45, 7) is 0. The molecule has 2 aromatic carbocycles. The summed E-state index contributed by atoms with van der Waals surface area (Å²) in [6.07, 6.45) is 3.59. The summed E-state index contributed by atoms with van der Waals surface area (Å²) in [5, 5.41) is 4.43. The lowest BCUT2D eigenvalue weighted by molar-refractivity contribution is 0.224. The first-order chi connectivity index (χ1) is 14.2. The molecule has 3 aromatic rings. The summed E-state index contributed by atoms with van der Waals surface area (Å²) in [6, 6.07) is 13.0. The SMILES string of the molecule is O=c1c(Cl)c(Cl)cnn1-c1ccc(S(=O)(=O)NC2(c3ccc(Cl)cc3)CCC2)cc1. The van der Waals surface area contributed by atoms with Crippen LogP contribution in [0.4, 0.5) is 0 Å². The first-order valence-corrected chi connectivity index (χ1v) is 11.7. The van der Waals surface area contributed by atoms with Crippen LogP contribution in [0, 0.1) is 0 Å². The van der Waals surface area contributed by atoms with E-state index in [4.69, 9.17) is 34.8 Å². The van der Waals surface area contributed by atoms with E-state index in [0.717, 1.165) is 16.7 Å². The van der Waals surface area contributed by atoms with Crippen LogP contribution in [-0.4, -0.2) is 18.2 Å². The molecule has 0 radical (unpaired) electrons. The minimum atomic E-state index is -3.80. The second-order valence-electron chi connectivity index (χ2n) is 7.07. The van der Waals surface area contributed by atoms with E-state index in [0.29, 0.717) is 23.6 Å². The third-order valence-electron chi connectivity index (χ3n) is 5.20. The Labute approximate surface area is 188 Å². The fourth-order valence-electron chi connectivity index (χ4n) is 3.43. The van der Waals surface area contributed by atoms with Gasteiger partial charge in [-0.2, -0.15) is 9.78 Å². The van der Waals surface area contributed by atoms with Gasteiger partial charge in [0, 0.05) is 5.02 Å². The predicted molar refractivity (Wildman–Crippen MR) is 117 cm³/mol. The molecule has 156 valence electrons. The molecule has 6 nitrogen and oxygen atoms in total. The van der Waals surface area contributed by atoms with Crippen LogP contribution in [0.25, 0.3) is 5.69 Å². The van der Waals surface area contributed by atoms with E-state index in [1.807, 2.05) is 12.1 Å². The molecule has 0 unspecified atom stereocenters. The number of nitrogens with one attached hydrogen (secondary N) is 1. The van der Waals surface area contributed by atoms with Crippen molar-refractivity contribution in [2.24, 2.45) is 0 Å². The van der Waals surface area contributed by atoms with E-state index in [-0.39, 0.29) is 14.9 Å². The second-order valence-corrected chi connectivity index (χ2v) is 9.97. The molecule has 0 spiro atoms. The van der Waals surface area contributed by atoms with Gasteiger partial charge in [0.05, 0.1) is 27.3 Å². The highest BCUT2D eigenvalue weighted by Crippen LogP contribution is 2.42. The monoisotopic (exact) mass is 483 g/mol. The molecule has 1 aromatic heterocycles. The van der Waals surface area contributed by atoms with Crippen molar-refractivity contribution in [3.63, 3.8) is 0 Å². The lowest BCUT2D eigenvalue weighted by Gasteiger charge is -2.42. The lowest BCUT2D eigenvalue weighted by Crippen LogP contribution is -2.50. The quantitative estimate of drug-likeness (QED) is 0.576. The standard InChI is InChI=1S/C20H16Cl3N3O3S/c21-14-4-2-13(3-5-14)20(10-1-11-20)25-30(28,29)16-8-6-15(7-9-16)26-19(27)18(23)17(22)12-24-26/h2-9,12,25H,1,10-11H2. The van der Waals surface area contributed by atoms with Crippen LogP contribution >= 0.6 is 34.8 Å². The first-order valence-electron chi connectivity index (χ1n) is 9.06. The van der Waals surface area contributed by atoms with E-state index < -0.39 is 21.1 Å². The van der Waals surface area contributed by atoms with Gasteiger partial charge in [0.25, 0.3) is 5.56 Å². The van der Waals surface area contributed by atoms with Gasteiger partial charge in [-0.15, -0.1) is 0 Å². The molecule has 0 amide bonds. The molecule has 1 saturated carbocycles. The highest BCUT2D eigenvalue weighted by atomic mass is 35.5. The van der Waals surface area contributed by atoms with Crippen LogP contribution in [0.3, 0.4) is 0 Å². The van der Waals surface area contributed by atoms with Crippen LogP contribution in [0.5, 0.6) is 0 Å². The molecule has 1 aliphatic rings. The van der Waals surface area contributed by atoms with E-state index in [1.54, 1.807) is 12.1 Å². The van der Waals surface area contributed by atoms with Crippen molar-refractivity contribution in [1.82, 2.24) is 14.5 Å². The normalized spacial score (nSPS) is 15.6. The van der Waals surface area contributed by atoms with Crippen molar-refractivity contribution in [3.05, 3.63) is 85.7 Å². The molecular formula is C20H16Cl3N3O3S. The van der Waals surface area contributed by atoms with Crippen molar-refractivity contribution in [3.8, 4) is 5.69 Å². The Hall–Kier alpha value is -1.90. The Kier molecular flexibility index (Phi) is 5.67. The summed E-state index contributed by atoms with van der Waals surface area (Å²) in [5.74, 6) is 0. The minimum Gasteiger partial charge on any atom is -0.266 e. The van der Waals surface area contributed by atoms with Crippen LogP contribution < -0.4 is 10.3 Å². The van der Waals surface area contributed by atoms with Crippen LogP contribution in [-0.2, 0) is 15.6 Å². The van der Waals surface area contributed by atoms with Gasteiger partial charge < -0.3 is 0 Å². The number of sulfonamides is 1. The number of hydrogen-bond donors (Lipinski definition) is 1. The molecule has 0 saturated heterocycles. The Morgan fingerprint density at radius 3 is 2.17 bits per heavy atom. The third kappa shape index (κ3) is 3.88. The molecule has 0 bridgehead atoms. The zero-order chi connectivity index (χ0) is 21.5.